The van der Waals surface area contributed by atoms with Crippen LogP contribution in [0.25, 0.3) is 0 Å². The van der Waals surface area contributed by atoms with Gasteiger partial charge in [-0.3, -0.25) is 4.79 Å². The van der Waals surface area contributed by atoms with Gasteiger partial charge in [-0.25, -0.2) is 0 Å². The third-order valence-corrected chi connectivity index (χ3v) is 3.44. The largest absolute Gasteiger partial charge is 0.494 e. The number of carbonyl (C=O) groups excluding carboxylic acids is 1. The normalized spacial score (nSPS) is 10.2. The fraction of sp³-hybridized carbons (Fsp3) is 0.278. The molecule has 0 saturated carbocycles. The van der Waals surface area contributed by atoms with Crippen molar-refractivity contribution in [2.24, 2.45) is 0 Å². The molecule has 0 aliphatic heterocycles. The topological polar surface area (TPSA) is 47.6 Å². The van der Waals surface area contributed by atoms with Gasteiger partial charge in [-0.1, -0.05) is 37.1 Å². The zero-order chi connectivity index (χ0) is 16.5. The molecule has 0 fully saturated rings. The number of para-hydroxylation sites is 1. The summed E-state index contributed by atoms with van der Waals surface area (Å²) in [7, 11) is 0. The molecule has 2 aromatic carbocycles. The zero-order valence-corrected chi connectivity index (χ0v) is 13.8. The molecule has 1 amide bonds. The summed E-state index contributed by atoms with van der Waals surface area (Å²) < 4.78 is 11.0. The maximum Gasteiger partial charge on any atom is 0.262 e. The van der Waals surface area contributed by atoms with Crippen LogP contribution in [0.1, 0.15) is 19.8 Å². The maximum absolute atomic E-state index is 11.9. The van der Waals surface area contributed by atoms with Crippen LogP contribution in [-0.2, 0) is 4.79 Å². The van der Waals surface area contributed by atoms with E-state index in [-0.39, 0.29) is 12.5 Å². The summed E-state index contributed by atoms with van der Waals surface area (Å²) in [5, 5.41) is 3.20. The van der Waals surface area contributed by atoms with Gasteiger partial charge >= 0.3 is 0 Å². The van der Waals surface area contributed by atoms with Crippen molar-refractivity contribution in [1.82, 2.24) is 0 Å². The molecule has 0 aliphatic carbocycles. The van der Waals surface area contributed by atoms with E-state index in [0.29, 0.717) is 23.1 Å². The van der Waals surface area contributed by atoms with E-state index in [1.807, 2.05) is 12.1 Å². The summed E-state index contributed by atoms with van der Waals surface area (Å²) in [4.78, 5) is 11.9. The van der Waals surface area contributed by atoms with Gasteiger partial charge in [0.05, 0.1) is 17.3 Å². The molecule has 2 rings (SSSR count). The molecule has 23 heavy (non-hydrogen) atoms. The van der Waals surface area contributed by atoms with Crippen LogP contribution in [0.2, 0.25) is 5.02 Å². The van der Waals surface area contributed by atoms with Crippen LogP contribution in [0.5, 0.6) is 11.5 Å². The molecule has 0 spiro atoms. The van der Waals surface area contributed by atoms with E-state index in [1.165, 1.54) is 0 Å². The lowest BCUT2D eigenvalue weighted by atomic mass is 10.3. The summed E-state index contributed by atoms with van der Waals surface area (Å²) in [6, 6.07) is 14.3. The summed E-state index contributed by atoms with van der Waals surface area (Å²) in [5.41, 5.74) is 0.572. The second kappa shape index (κ2) is 9.06. The van der Waals surface area contributed by atoms with Crippen LogP contribution >= 0.6 is 11.6 Å². The van der Waals surface area contributed by atoms with Crippen molar-refractivity contribution >= 4 is 23.2 Å². The molecule has 122 valence electrons. The number of carbonyl (C=O) groups is 1. The second-order valence-corrected chi connectivity index (χ2v) is 5.40. The van der Waals surface area contributed by atoms with E-state index in [2.05, 4.69) is 12.2 Å². The second-order valence-electron chi connectivity index (χ2n) is 4.99. The van der Waals surface area contributed by atoms with Crippen molar-refractivity contribution < 1.29 is 14.3 Å². The van der Waals surface area contributed by atoms with Gasteiger partial charge in [0.2, 0.25) is 0 Å². The van der Waals surface area contributed by atoms with Gasteiger partial charge in [-0.2, -0.15) is 0 Å². The smallest absolute Gasteiger partial charge is 0.262 e. The molecule has 2 aromatic rings. The zero-order valence-electron chi connectivity index (χ0n) is 13.0. The van der Waals surface area contributed by atoms with Crippen molar-refractivity contribution in [1.29, 1.82) is 0 Å². The minimum atomic E-state index is -0.263. The number of anilines is 1. The highest BCUT2D eigenvalue weighted by Gasteiger charge is 2.06. The average Bonchev–Trinajstić information content (AvgIpc) is 2.56. The Hall–Kier alpha value is -2.20. The van der Waals surface area contributed by atoms with Gasteiger partial charge in [0.15, 0.2) is 6.61 Å². The van der Waals surface area contributed by atoms with Crippen molar-refractivity contribution in [3.8, 4) is 11.5 Å². The summed E-state index contributed by atoms with van der Waals surface area (Å²) in [5.74, 6) is 1.15. The van der Waals surface area contributed by atoms with Crippen LogP contribution in [0, 0.1) is 0 Å². The van der Waals surface area contributed by atoms with Gasteiger partial charge in [-0.05, 0) is 42.8 Å². The third-order valence-electron chi connectivity index (χ3n) is 3.11. The quantitative estimate of drug-likeness (QED) is 0.722. The average molecular weight is 334 g/mol. The molecule has 4 nitrogen and oxygen atoms in total. The Morgan fingerprint density at radius 2 is 1.70 bits per heavy atom. The molecule has 0 unspecified atom stereocenters. The minimum Gasteiger partial charge on any atom is -0.494 e. The van der Waals surface area contributed by atoms with Gasteiger partial charge < -0.3 is 14.8 Å². The number of ether oxygens (including phenoxy) is 2. The lowest BCUT2D eigenvalue weighted by molar-refractivity contribution is -0.118. The number of unbranched alkanes of at least 4 members (excludes halogenated alkanes) is 1. The number of hydrogen-bond donors (Lipinski definition) is 1. The Morgan fingerprint density at radius 3 is 2.35 bits per heavy atom. The first-order chi connectivity index (χ1) is 11.2. The highest BCUT2D eigenvalue weighted by molar-refractivity contribution is 6.33. The van der Waals surface area contributed by atoms with Crippen LogP contribution in [0.4, 0.5) is 5.69 Å². The van der Waals surface area contributed by atoms with Gasteiger partial charge in [0, 0.05) is 0 Å². The van der Waals surface area contributed by atoms with Crippen LogP contribution in [-0.4, -0.2) is 19.1 Å². The van der Waals surface area contributed by atoms with E-state index in [4.69, 9.17) is 21.1 Å². The Morgan fingerprint density at radius 1 is 1.04 bits per heavy atom. The van der Waals surface area contributed by atoms with Crippen LogP contribution < -0.4 is 14.8 Å². The Labute approximate surface area is 141 Å². The molecule has 0 aliphatic rings. The molecule has 0 heterocycles. The monoisotopic (exact) mass is 333 g/mol. The molecule has 0 bridgehead atoms. The Balaban J connectivity index is 1.79. The lowest BCUT2D eigenvalue weighted by Crippen LogP contribution is -2.20. The number of hydrogen-bond acceptors (Lipinski definition) is 3. The molecule has 1 N–H and O–H groups in total. The number of halogens is 1. The summed E-state index contributed by atoms with van der Waals surface area (Å²) >= 11 is 5.99. The van der Waals surface area contributed by atoms with Gasteiger partial charge in [0.1, 0.15) is 11.5 Å². The van der Waals surface area contributed by atoms with E-state index in [1.54, 1.807) is 36.4 Å². The predicted octanol–water partition coefficient (Wildman–Crippen LogP) is 4.54. The van der Waals surface area contributed by atoms with Crippen molar-refractivity contribution in [2.45, 2.75) is 19.8 Å². The van der Waals surface area contributed by atoms with Crippen molar-refractivity contribution in [3.05, 3.63) is 53.6 Å². The summed E-state index contributed by atoms with van der Waals surface area (Å²) in [6.07, 6.45) is 2.13. The van der Waals surface area contributed by atoms with Crippen molar-refractivity contribution in [3.63, 3.8) is 0 Å². The van der Waals surface area contributed by atoms with E-state index >= 15 is 0 Å². The van der Waals surface area contributed by atoms with Gasteiger partial charge in [0.25, 0.3) is 5.91 Å². The highest BCUT2D eigenvalue weighted by Crippen LogP contribution is 2.21. The third kappa shape index (κ3) is 5.83. The SMILES string of the molecule is CCCCOc1ccc(OCC(=O)Nc2ccccc2Cl)cc1. The van der Waals surface area contributed by atoms with Crippen LogP contribution in [0.15, 0.2) is 48.5 Å². The first kappa shape index (κ1) is 17.2. The molecule has 0 saturated heterocycles. The highest BCUT2D eigenvalue weighted by atomic mass is 35.5. The number of nitrogens with one attached hydrogen (secondary N) is 1. The first-order valence-corrected chi connectivity index (χ1v) is 7.97. The lowest BCUT2D eigenvalue weighted by Gasteiger charge is -2.09. The fourth-order valence-corrected chi connectivity index (χ4v) is 2.05. The van der Waals surface area contributed by atoms with E-state index < -0.39 is 0 Å². The standard InChI is InChI=1S/C18H20ClNO3/c1-2-3-12-22-14-8-10-15(11-9-14)23-13-18(21)20-17-7-5-4-6-16(17)19/h4-11H,2-3,12-13H2,1H3,(H,20,21). The molecular weight excluding hydrogens is 314 g/mol. The number of rotatable bonds is 8. The van der Waals surface area contributed by atoms with E-state index in [0.717, 1.165) is 18.6 Å². The molecular formula is C18H20ClNO3. The molecule has 0 atom stereocenters. The number of amides is 1. The Kier molecular flexibility index (Phi) is 6.76. The summed E-state index contributed by atoms with van der Waals surface area (Å²) in [6.45, 7) is 2.74. The predicted molar refractivity (Wildman–Crippen MR) is 92.4 cm³/mol. The first-order valence-electron chi connectivity index (χ1n) is 7.59. The van der Waals surface area contributed by atoms with Gasteiger partial charge in [-0.15, -0.1) is 0 Å². The Bertz CT molecular complexity index is 628. The maximum atomic E-state index is 11.9. The van der Waals surface area contributed by atoms with E-state index in [9.17, 15) is 4.79 Å². The minimum absolute atomic E-state index is 0.0821. The number of benzene rings is 2. The molecule has 0 radical (unpaired) electrons. The van der Waals surface area contributed by atoms with Crippen LogP contribution in [0.3, 0.4) is 0 Å². The fourth-order valence-electron chi connectivity index (χ4n) is 1.86. The van der Waals surface area contributed by atoms with Crippen molar-refractivity contribution in [2.75, 3.05) is 18.5 Å². The molecule has 5 heteroatoms. The molecule has 0 aromatic heterocycles.